The first kappa shape index (κ1) is 63.6. The van der Waals surface area contributed by atoms with E-state index in [-0.39, 0.29) is 40.4 Å². The quantitative estimate of drug-likeness (QED) is 0.0219. The number of carbonyl (C=O) groups is 3. The fraction of sp³-hybridized carbons (Fsp3) is 0.296. The molecule has 0 saturated carbocycles. The van der Waals surface area contributed by atoms with Crippen LogP contribution < -0.4 is 28.6 Å². The average Bonchev–Trinajstić information content (AvgIpc) is 4.37. The summed E-state index contributed by atoms with van der Waals surface area (Å²) in [4.78, 5) is 77.8. The number of nitrogen functional groups attached to an aromatic ring is 1. The number of aliphatic imine (C=N–C) groups is 1. The number of aryl methyl sites for hydroxylation is 3. The fourth-order valence-electron chi connectivity index (χ4n) is 8.21. The van der Waals surface area contributed by atoms with Gasteiger partial charge in [-0.2, -0.15) is 0 Å². The number of amides is 2. The summed E-state index contributed by atoms with van der Waals surface area (Å²) in [5.74, 6) is 13.2. The Hall–Kier alpha value is -6.24. The molecule has 0 unspecified atom stereocenters. The highest BCUT2D eigenvalue weighted by Gasteiger charge is 2.23. The van der Waals surface area contributed by atoms with E-state index >= 15 is 0 Å². The molecule has 5 aromatic heterocycles. The summed E-state index contributed by atoms with van der Waals surface area (Å²) in [6, 6.07) is 17.0. The van der Waals surface area contributed by atoms with Gasteiger partial charge in [0.25, 0.3) is 11.1 Å². The minimum absolute atomic E-state index is 0. The summed E-state index contributed by atoms with van der Waals surface area (Å²) in [6.07, 6.45) is 8.44. The van der Waals surface area contributed by atoms with Gasteiger partial charge in [-0.3, -0.25) is 35.4 Å². The molecule has 2 aliphatic rings. The monoisotopic (exact) mass is 1210 g/mol. The summed E-state index contributed by atoms with van der Waals surface area (Å²) >= 11 is 27.6. The molecule has 8 N–H and O–H groups in total. The molecule has 10 rings (SSSR count). The molecule has 18 nitrogen and oxygen atoms in total. The number of aromatic nitrogens is 4. The van der Waals surface area contributed by atoms with Crippen molar-refractivity contribution in [3.05, 3.63) is 141 Å². The first-order valence-corrected chi connectivity index (χ1v) is 28.6. The van der Waals surface area contributed by atoms with Crippen molar-refractivity contribution >= 4 is 129 Å². The van der Waals surface area contributed by atoms with Gasteiger partial charge in [-0.15, -0.1) is 34.0 Å². The maximum absolute atomic E-state index is 13.0. The third-order valence-corrected chi connectivity index (χ3v) is 16.4. The lowest BCUT2D eigenvalue weighted by Crippen LogP contribution is -2.34. The van der Waals surface area contributed by atoms with Crippen LogP contribution in [0.4, 0.5) is 9.80 Å². The number of thiophene rings is 3. The van der Waals surface area contributed by atoms with E-state index in [1.165, 1.54) is 57.6 Å². The molecule has 79 heavy (non-hydrogen) atoms. The van der Waals surface area contributed by atoms with Crippen LogP contribution in [0.25, 0.3) is 53.8 Å². The zero-order valence-electron chi connectivity index (χ0n) is 43.9. The van der Waals surface area contributed by atoms with Gasteiger partial charge >= 0.3 is 11.3 Å². The third kappa shape index (κ3) is 16.0. The van der Waals surface area contributed by atoms with Gasteiger partial charge in [-0.1, -0.05) is 53.0 Å². The van der Waals surface area contributed by atoms with Gasteiger partial charge in [-0.25, -0.2) is 24.4 Å². The molecule has 3 aromatic carbocycles. The number of ether oxygens (including phenoxy) is 2. The van der Waals surface area contributed by atoms with Crippen molar-refractivity contribution in [3.8, 4) is 33.4 Å². The number of rotatable bonds is 10. The molecule has 0 bridgehead atoms. The molecule has 2 amide bonds. The molecular weight excluding hydrogens is 1150 g/mol. The molecule has 2 aliphatic heterocycles. The summed E-state index contributed by atoms with van der Waals surface area (Å²) < 4.78 is 12.7. The van der Waals surface area contributed by atoms with Crippen LogP contribution in [0.1, 0.15) is 66.6 Å². The van der Waals surface area contributed by atoms with Gasteiger partial charge in [0.1, 0.15) is 33.1 Å². The van der Waals surface area contributed by atoms with Crippen LogP contribution in [-0.4, -0.2) is 97.5 Å². The van der Waals surface area contributed by atoms with Crippen molar-refractivity contribution in [2.45, 2.75) is 66.8 Å². The van der Waals surface area contributed by atoms with Crippen LogP contribution in [0.15, 0.2) is 98.0 Å². The Labute approximate surface area is 488 Å². The molecule has 0 aliphatic carbocycles. The number of nitrogens with two attached hydrogens (primary N) is 3. The number of hydrogen-bond acceptors (Lipinski definition) is 16. The van der Waals surface area contributed by atoms with E-state index in [0.29, 0.717) is 59.3 Å². The number of likely N-dealkylation sites (tertiary alicyclic amines) is 2. The minimum atomic E-state index is -0.389. The highest BCUT2D eigenvalue weighted by Crippen LogP contribution is 2.39. The standard InChI is InChI=1S/C19H18ClN3O2S.C17H18ClNO3S.C13H10ClN3OS.C5H8ClNO.H4N2.H2O/c1-12-8-13(4-5-15(12)20)14-10-26-18-17(14)19(25)23(11-21-18)9-16(24)22-6-2-3-7-22;1-4-21-10-19-16-15(17(20)22-5-2)13(9-23-16)12-6-7-14(18)11(3)8-12;1-7-4-8(2-3-10(7)14)9-5-19-12-11(9)13(18)17(15)6-16-12;6-5(8)7-3-1-2-4-7;1-2;/h4-5,8,10-11H,2-3,6-7,9H2,1H3;6-10H,4-5H2,1-3H3;2-6H,15H2,1H3;1-4H2;1-2H2;1H2. The van der Waals surface area contributed by atoms with E-state index in [4.69, 9.17) is 61.7 Å². The molecule has 0 spiro atoms. The van der Waals surface area contributed by atoms with Crippen molar-refractivity contribution < 1.29 is 29.3 Å². The molecular formula is C54H60Cl4N10O8S3. The number of fused-ring (bicyclic) bond motifs is 2. The van der Waals surface area contributed by atoms with E-state index in [9.17, 15) is 24.0 Å². The van der Waals surface area contributed by atoms with Gasteiger partial charge in [0.2, 0.25) is 5.91 Å². The highest BCUT2D eigenvalue weighted by atomic mass is 35.5. The Bertz CT molecular complexity index is 3550. The number of benzene rings is 3. The lowest BCUT2D eigenvalue weighted by molar-refractivity contribution is -0.130. The molecule has 0 radical (unpaired) electrons. The maximum atomic E-state index is 13.0. The van der Waals surface area contributed by atoms with Gasteiger partial charge < -0.3 is 30.6 Å². The number of halogens is 4. The van der Waals surface area contributed by atoms with Crippen molar-refractivity contribution in [2.75, 3.05) is 45.2 Å². The second-order valence-corrected chi connectivity index (χ2v) is 21.6. The van der Waals surface area contributed by atoms with Crippen molar-refractivity contribution in [2.24, 2.45) is 16.7 Å². The average molecular weight is 1220 g/mol. The lowest BCUT2D eigenvalue weighted by Gasteiger charge is -2.15. The van der Waals surface area contributed by atoms with Crippen LogP contribution in [0, 0.1) is 20.8 Å². The van der Waals surface area contributed by atoms with Crippen molar-refractivity contribution in [3.63, 3.8) is 0 Å². The highest BCUT2D eigenvalue weighted by molar-refractivity contribution is 7.17. The smallest absolute Gasteiger partial charge is 0.341 e. The second-order valence-electron chi connectivity index (χ2n) is 17.5. The Kier molecular flexibility index (Phi) is 24.5. The Morgan fingerprint density at radius 3 is 1.58 bits per heavy atom. The zero-order valence-corrected chi connectivity index (χ0v) is 49.4. The van der Waals surface area contributed by atoms with E-state index in [2.05, 4.69) is 26.6 Å². The van der Waals surface area contributed by atoms with Gasteiger partial charge in [0.15, 0.2) is 6.40 Å². The first-order chi connectivity index (χ1) is 37.5. The predicted octanol–water partition coefficient (Wildman–Crippen LogP) is 11.2. The normalized spacial score (nSPS) is 12.6. The van der Waals surface area contributed by atoms with E-state index < -0.39 is 0 Å². The van der Waals surface area contributed by atoms with E-state index in [1.807, 2.05) is 103 Å². The topological polar surface area (TPSA) is 268 Å². The fourth-order valence-corrected chi connectivity index (χ4v) is 11.4. The Morgan fingerprint density at radius 1 is 0.671 bits per heavy atom. The first-order valence-electron chi connectivity index (χ1n) is 24.5. The number of nitrogens with zero attached hydrogens (tertiary/aromatic N) is 7. The van der Waals surface area contributed by atoms with Crippen molar-refractivity contribution in [1.82, 2.24) is 29.0 Å². The van der Waals surface area contributed by atoms with Crippen LogP contribution >= 0.6 is 80.4 Å². The summed E-state index contributed by atoms with van der Waals surface area (Å²) in [5.41, 5.74) is 8.16. The van der Waals surface area contributed by atoms with Crippen LogP contribution in [-0.2, 0) is 20.8 Å². The molecule has 8 aromatic rings. The second kappa shape index (κ2) is 30.4. The van der Waals surface area contributed by atoms with E-state index in [1.54, 1.807) is 11.8 Å². The van der Waals surface area contributed by atoms with Gasteiger partial charge in [0.05, 0.1) is 30.3 Å². The predicted molar refractivity (Wildman–Crippen MR) is 323 cm³/mol. The third-order valence-electron chi connectivity index (χ3n) is 12.3. The summed E-state index contributed by atoms with van der Waals surface area (Å²) in [7, 11) is 0. The molecule has 0 atom stereocenters. The van der Waals surface area contributed by atoms with Gasteiger partial charge in [0, 0.05) is 74.1 Å². The number of esters is 1. The van der Waals surface area contributed by atoms with Crippen molar-refractivity contribution in [1.29, 1.82) is 0 Å². The SMILES string of the molecule is CCOC=Nc1scc(-c2ccc(Cl)c(C)c2)c1C(=O)OCC.Cc1cc(-c2csc3ncn(CC(=O)N4CCCC4)c(=O)c23)ccc1Cl.Cc1cc(-c2csc3ncn(N)c(=O)c23)ccc1Cl.NN.O.O=C(Cl)N1CCCC1. The van der Waals surface area contributed by atoms with Crippen LogP contribution in [0.3, 0.4) is 0 Å². The number of carbonyl (C=O) groups excluding carboxylic acids is 3. The van der Waals surface area contributed by atoms with Crippen LogP contribution in [0.5, 0.6) is 0 Å². The molecule has 25 heteroatoms. The van der Waals surface area contributed by atoms with E-state index in [0.717, 1.165) is 107 Å². The molecule has 2 saturated heterocycles. The minimum Gasteiger partial charge on any atom is -0.483 e. The van der Waals surface area contributed by atoms with Crippen LogP contribution in [0.2, 0.25) is 15.1 Å². The lowest BCUT2D eigenvalue weighted by atomic mass is 10.0. The number of hydrazine groups is 1. The molecule has 2 fully saturated rings. The summed E-state index contributed by atoms with van der Waals surface area (Å²) in [5, 5.41) is 9.23. The largest absolute Gasteiger partial charge is 0.483 e. The Morgan fingerprint density at radius 2 is 1.13 bits per heavy atom. The summed E-state index contributed by atoms with van der Waals surface area (Å²) in [6.45, 7) is 13.6. The Balaban J connectivity index is 0.000000201. The number of hydrogen-bond donors (Lipinski definition) is 3. The maximum Gasteiger partial charge on any atom is 0.341 e. The van der Waals surface area contributed by atoms with Gasteiger partial charge in [-0.05, 0) is 142 Å². The molecule has 7 heterocycles. The zero-order chi connectivity index (χ0) is 56.6. The molecule has 420 valence electrons.